The molecule has 142 valence electrons. The van der Waals surface area contributed by atoms with Gasteiger partial charge in [-0.1, -0.05) is 24.3 Å². The van der Waals surface area contributed by atoms with Gasteiger partial charge in [-0.15, -0.1) is 22.7 Å². The van der Waals surface area contributed by atoms with Gasteiger partial charge in [0.25, 0.3) is 5.56 Å². The van der Waals surface area contributed by atoms with Crippen LogP contribution in [0.5, 0.6) is 0 Å². The minimum absolute atomic E-state index is 0.189. The lowest BCUT2D eigenvalue weighted by molar-refractivity contribution is -0.148. The molecule has 0 amide bonds. The van der Waals surface area contributed by atoms with Gasteiger partial charge in [0.15, 0.2) is 11.9 Å². The Hall–Kier alpha value is -2.84. The van der Waals surface area contributed by atoms with E-state index in [0.717, 1.165) is 10.4 Å². The van der Waals surface area contributed by atoms with Crippen LogP contribution in [0.25, 0.3) is 20.7 Å². The number of ether oxygens (including phenoxy) is 1. The molecule has 0 unspecified atom stereocenters. The molecular weight excluding hydrogens is 399 g/mol. The third kappa shape index (κ3) is 3.61. The Labute approximate surface area is 167 Å². The summed E-state index contributed by atoms with van der Waals surface area (Å²) in [6, 6.07) is 9.92. The first-order valence-electron chi connectivity index (χ1n) is 8.51. The van der Waals surface area contributed by atoms with Crippen LogP contribution in [0.1, 0.15) is 24.4 Å². The molecule has 3 aromatic heterocycles. The Kier molecular flexibility index (Phi) is 5.06. The SMILES string of the molecule is C[C@H](OC(=O)Cc1ccccc1F)c1nc2scc(-c3cccs3)c2c(=O)[nH]1. The van der Waals surface area contributed by atoms with Crippen molar-refractivity contribution in [1.82, 2.24) is 9.97 Å². The maximum Gasteiger partial charge on any atom is 0.311 e. The van der Waals surface area contributed by atoms with Crippen molar-refractivity contribution in [2.45, 2.75) is 19.4 Å². The second kappa shape index (κ2) is 7.65. The van der Waals surface area contributed by atoms with Crippen molar-refractivity contribution in [2.75, 3.05) is 0 Å². The minimum Gasteiger partial charge on any atom is -0.454 e. The standard InChI is InChI=1S/C20H15FN2O3S2/c1-11(26-16(24)9-12-5-2-3-6-14(12)21)18-22-19(25)17-13(10-28-20(17)23-18)15-7-4-8-27-15/h2-8,10-11H,9H2,1H3,(H,22,23,25)/t11-/m0/s1. The Bertz CT molecular complexity index is 1200. The lowest BCUT2D eigenvalue weighted by atomic mass is 10.1. The van der Waals surface area contributed by atoms with Gasteiger partial charge >= 0.3 is 5.97 Å². The summed E-state index contributed by atoms with van der Waals surface area (Å²) in [5.41, 5.74) is 0.830. The van der Waals surface area contributed by atoms with Crippen molar-refractivity contribution in [3.63, 3.8) is 0 Å². The Morgan fingerprint density at radius 1 is 1.25 bits per heavy atom. The van der Waals surface area contributed by atoms with E-state index in [-0.39, 0.29) is 23.4 Å². The molecule has 0 saturated heterocycles. The highest BCUT2D eigenvalue weighted by atomic mass is 32.1. The normalized spacial score (nSPS) is 12.2. The third-order valence-corrected chi connectivity index (χ3v) is 6.01. The van der Waals surface area contributed by atoms with E-state index in [9.17, 15) is 14.0 Å². The van der Waals surface area contributed by atoms with Crippen LogP contribution in [0.3, 0.4) is 0 Å². The summed E-state index contributed by atoms with van der Waals surface area (Å²) in [6.45, 7) is 1.62. The number of rotatable bonds is 5. The van der Waals surface area contributed by atoms with Crippen LogP contribution in [-0.4, -0.2) is 15.9 Å². The Morgan fingerprint density at radius 3 is 2.82 bits per heavy atom. The average molecular weight is 414 g/mol. The van der Waals surface area contributed by atoms with Gasteiger partial charge in [-0.05, 0) is 30.0 Å². The van der Waals surface area contributed by atoms with Crippen molar-refractivity contribution in [3.8, 4) is 10.4 Å². The Morgan fingerprint density at radius 2 is 2.07 bits per heavy atom. The number of thiophene rings is 2. The van der Waals surface area contributed by atoms with Crippen molar-refractivity contribution >= 4 is 38.9 Å². The van der Waals surface area contributed by atoms with Gasteiger partial charge in [0.2, 0.25) is 0 Å². The number of esters is 1. The number of nitrogens with one attached hydrogen (secondary N) is 1. The molecule has 3 heterocycles. The van der Waals surface area contributed by atoms with Crippen molar-refractivity contribution in [2.24, 2.45) is 0 Å². The number of aromatic nitrogens is 2. The molecule has 0 aliphatic rings. The maximum absolute atomic E-state index is 13.7. The monoisotopic (exact) mass is 414 g/mol. The smallest absolute Gasteiger partial charge is 0.311 e. The third-order valence-electron chi connectivity index (χ3n) is 4.23. The number of carbonyl (C=O) groups excluding carboxylic acids is 1. The molecule has 1 atom stereocenters. The number of hydrogen-bond acceptors (Lipinski definition) is 6. The molecule has 0 spiro atoms. The van der Waals surface area contributed by atoms with Crippen LogP contribution >= 0.6 is 22.7 Å². The van der Waals surface area contributed by atoms with Gasteiger partial charge in [0.05, 0.1) is 11.8 Å². The summed E-state index contributed by atoms with van der Waals surface area (Å²) in [6.07, 6.45) is -0.950. The van der Waals surface area contributed by atoms with E-state index in [4.69, 9.17) is 4.74 Å². The van der Waals surface area contributed by atoms with Gasteiger partial charge in [0, 0.05) is 15.8 Å². The summed E-state index contributed by atoms with van der Waals surface area (Å²) >= 11 is 2.92. The van der Waals surface area contributed by atoms with E-state index in [1.54, 1.807) is 30.4 Å². The first kappa shape index (κ1) is 18.5. The number of nitrogens with zero attached hydrogens (tertiary/aromatic N) is 1. The molecule has 1 N–H and O–H groups in total. The largest absolute Gasteiger partial charge is 0.454 e. The molecule has 5 nitrogen and oxygen atoms in total. The van der Waals surface area contributed by atoms with Gasteiger partial charge in [-0.25, -0.2) is 9.37 Å². The zero-order chi connectivity index (χ0) is 19.7. The van der Waals surface area contributed by atoms with Gasteiger partial charge in [-0.2, -0.15) is 0 Å². The number of H-pyrrole nitrogens is 1. The number of benzene rings is 1. The van der Waals surface area contributed by atoms with E-state index in [1.807, 2.05) is 22.9 Å². The van der Waals surface area contributed by atoms with Crippen LogP contribution in [0.2, 0.25) is 0 Å². The quantitative estimate of drug-likeness (QED) is 0.481. The second-order valence-corrected chi connectivity index (χ2v) is 7.96. The van der Waals surface area contributed by atoms with E-state index in [1.165, 1.54) is 23.5 Å². The summed E-state index contributed by atoms with van der Waals surface area (Å²) < 4.78 is 19.0. The summed E-state index contributed by atoms with van der Waals surface area (Å²) in [5, 5.41) is 4.38. The molecule has 0 aliphatic carbocycles. The van der Waals surface area contributed by atoms with Crippen LogP contribution in [-0.2, 0) is 16.0 Å². The van der Waals surface area contributed by atoms with Crippen molar-refractivity contribution in [1.29, 1.82) is 0 Å². The molecule has 28 heavy (non-hydrogen) atoms. The number of hydrogen-bond donors (Lipinski definition) is 1. The highest BCUT2D eigenvalue weighted by molar-refractivity contribution is 7.18. The summed E-state index contributed by atoms with van der Waals surface area (Å²) in [4.78, 5) is 33.5. The van der Waals surface area contributed by atoms with E-state index < -0.39 is 17.9 Å². The molecule has 0 saturated carbocycles. The van der Waals surface area contributed by atoms with Crippen LogP contribution in [0.15, 0.2) is 52.0 Å². The average Bonchev–Trinajstić information content (AvgIpc) is 3.32. The Balaban J connectivity index is 1.56. The van der Waals surface area contributed by atoms with Crippen LogP contribution in [0, 0.1) is 5.82 Å². The molecule has 1 aromatic carbocycles. The first-order valence-corrected chi connectivity index (χ1v) is 10.3. The van der Waals surface area contributed by atoms with Crippen LogP contribution in [0.4, 0.5) is 4.39 Å². The number of carbonyl (C=O) groups is 1. The van der Waals surface area contributed by atoms with Gasteiger partial charge in [-0.3, -0.25) is 9.59 Å². The van der Waals surface area contributed by atoms with Crippen molar-refractivity contribution < 1.29 is 13.9 Å². The molecule has 0 radical (unpaired) electrons. The van der Waals surface area contributed by atoms with Crippen molar-refractivity contribution in [3.05, 3.63) is 74.7 Å². The van der Waals surface area contributed by atoms with E-state index in [0.29, 0.717) is 10.2 Å². The molecule has 0 fully saturated rings. The van der Waals surface area contributed by atoms with E-state index >= 15 is 0 Å². The zero-order valence-corrected chi connectivity index (χ0v) is 16.4. The maximum atomic E-state index is 13.7. The number of halogens is 1. The fourth-order valence-corrected chi connectivity index (χ4v) is 4.63. The predicted octanol–water partition coefficient (Wildman–Crippen LogP) is 4.70. The lowest BCUT2D eigenvalue weighted by Gasteiger charge is -2.13. The fraction of sp³-hybridized carbons (Fsp3) is 0.150. The number of fused-ring (bicyclic) bond motifs is 1. The molecule has 0 bridgehead atoms. The van der Waals surface area contributed by atoms with Gasteiger partial charge < -0.3 is 9.72 Å². The highest BCUT2D eigenvalue weighted by Gasteiger charge is 2.19. The molecule has 4 rings (SSSR count). The second-order valence-electron chi connectivity index (χ2n) is 6.16. The summed E-state index contributed by atoms with van der Waals surface area (Å²) in [7, 11) is 0. The van der Waals surface area contributed by atoms with Gasteiger partial charge in [0.1, 0.15) is 10.6 Å². The first-order chi connectivity index (χ1) is 13.5. The molecular formula is C20H15FN2O3S2. The fourth-order valence-electron chi connectivity index (χ4n) is 2.86. The predicted molar refractivity (Wildman–Crippen MR) is 108 cm³/mol. The molecule has 4 aromatic rings. The number of aromatic amines is 1. The topological polar surface area (TPSA) is 72.0 Å². The molecule has 0 aliphatic heterocycles. The van der Waals surface area contributed by atoms with Crippen LogP contribution < -0.4 is 5.56 Å². The summed E-state index contributed by atoms with van der Waals surface area (Å²) in [5.74, 6) is -0.787. The van der Waals surface area contributed by atoms with E-state index in [2.05, 4.69) is 9.97 Å². The minimum atomic E-state index is -0.760. The lowest BCUT2D eigenvalue weighted by Crippen LogP contribution is -2.18. The molecule has 8 heteroatoms. The zero-order valence-electron chi connectivity index (χ0n) is 14.8. The highest BCUT2D eigenvalue weighted by Crippen LogP contribution is 2.33.